The molecule has 0 radical (unpaired) electrons. The normalized spacial score (nSPS) is 27.6. The third-order valence-electron chi connectivity index (χ3n) is 4.38. The van der Waals surface area contributed by atoms with Crippen LogP contribution in [0.4, 0.5) is 0 Å². The van der Waals surface area contributed by atoms with Gasteiger partial charge in [-0.2, -0.15) is 0 Å². The van der Waals surface area contributed by atoms with Gasteiger partial charge < -0.3 is 10.2 Å². The van der Waals surface area contributed by atoms with E-state index in [0.29, 0.717) is 13.0 Å². The molecule has 4 heteroatoms. The highest BCUT2D eigenvalue weighted by Gasteiger charge is 2.44. The quantitative estimate of drug-likeness (QED) is 0.774. The van der Waals surface area contributed by atoms with Crippen LogP contribution in [0.25, 0.3) is 0 Å². The van der Waals surface area contributed by atoms with Crippen molar-refractivity contribution in [3.63, 3.8) is 0 Å². The molecule has 1 heterocycles. The molecular formula is C14H24N2O2. The standard InChI is InChI=1S/C14H24N2O2/c1-13(2)12(18)16(10-7-11(17)15-13)14(3)8-5-4-6-9-14/h4-10H2,1-3H3,(H,15,17). The van der Waals surface area contributed by atoms with Crippen LogP contribution in [0.2, 0.25) is 0 Å². The second kappa shape index (κ2) is 4.56. The van der Waals surface area contributed by atoms with E-state index in [9.17, 15) is 9.59 Å². The third-order valence-corrected chi connectivity index (χ3v) is 4.38. The number of amides is 2. The summed E-state index contributed by atoms with van der Waals surface area (Å²) in [5, 5.41) is 2.82. The molecule has 2 fully saturated rings. The first-order chi connectivity index (χ1) is 8.35. The summed E-state index contributed by atoms with van der Waals surface area (Å²) < 4.78 is 0. The highest BCUT2D eigenvalue weighted by Crippen LogP contribution is 2.35. The first kappa shape index (κ1) is 13.4. The Morgan fingerprint density at radius 1 is 1.06 bits per heavy atom. The zero-order valence-corrected chi connectivity index (χ0v) is 11.7. The van der Waals surface area contributed by atoms with Crippen molar-refractivity contribution in [3.8, 4) is 0 Å². The van der Waals surface area contributed by atoms with Gasteiger partial charge in [-0.05, 0) is 33.6 Å². The Bertz CT molecular complexity index is 357. The van der Waals surface area contributed by atoms with Gasteiger partial charge in [0.25, 0.3) is 0 Å². The van der Waals surface area contributed by atoms with Crippen LogP contribution in [-0.4, -0.2) is 34.3 Å². The van der Waals surface area contributed by atoms with Gasteiger partial charge in [-0.25, -0.2) is 0 Å². The minimum atomic E-state index is -0.770. The monoisotopic (exact) mass is 252 g/mol. The van der Waals surface area contributed by atoms with E-state index < -0.39 is 5.54 Å². The zero-order chi connectivity index (χ0) is 13.4. The SMILES string of the molecule is CC1(C)NC(=O)CCN(C2(C)CCCCC2)C1=O. The molecule has 2 rings (SSSR count). The minimum absolute atomic E-state index is 0.0183. The predicted octanol–water partition coefficient (Wildman–Crippen LogP) is 1.84. The van der Waals surface area contributed by atoms with Gasteiger partial charge in [0, 0.05) is 18.5 Å². The van der Waals surface area contributed by atoms with Gasteiger partial charge in [-0.1, -0.05) is 19.3 Å². The minimum Gasteiger partial charge on any atom is -0.342 e. The molecule has 18 heavy (non-hydrogen) atoms. The molecule has 0 aromatic carbocycles. The number of nitrogens with zero attached hydrogens (tertiary/aromatic N) is 1. The van der Waals surface area contributed by atoms with Gasteiger partial charge in [-0.3, -0.25) is 9.59 Å². The van der Waals surface area contributed by atoms with Crippen molar-refractivity contribution in [3.05, 3.63) is 0 Å². The molecule has 0 atom stereocenters. The smallest absolute Gasteiger partial charge is 0.248 e. The lowest BCUT2D eigenvalue weighted by atomic mass is 9.81. The summed E-state index contributed by atoms with van der Waals surface area (Å²) in [6, 6.07) is 0. The number of carbonyl (C=O) groups excluding carboxylic acids is 2. The molecule has 0 aromatic heterocycles. The second-order valence-corrected chi connectivity index (χ2v) is 6.44. The van der Waals surface area contributed by atoms with Gasteiger partial charge in [0.2, 0.25) is 11.8 Å². The molecule has 2 aliphatic rings. The van der Waals surface area contributed by atoms with Crippen molar-refractivity contribution < 1.29 is 9.59 Å². The average molecular weight is 252 g/mol. The molecule has 1 saturated heterocycles. The molecule has 0 unspecified atom stereocenters. The van der Waals surface area contributed by atoms with Crippen LogP contribution in [0, 0.1) is 0 Å². The summed E-state index contributed by atoms with van der Waals surface area (Å²) in [4.78, 5) is 26.3. The van der Waals surface area contributed by atoms with E-state index in [0.717, 1.165) is 12.8 Å². The topological polar surface area (TPSA) is 49.4 Å². The van der Waals surface area contributed by atoms with Gasteiger partial charge in [0.05, 0.1) is 0 Å². The lowest BCUT2D eigenvalue weighted by Crippen LogP contribution is -2.59. The van der Waals surface area contributed by atoms with Crippen LogP contribution >= 0.6 is 0 Å². The van der Waals surface area contributed by atoms with Crippen molar-refractivity contribution >= 4 is 11.8 Å². The van der Waals surface area contributed by atoms with E-state index in [1.165, 1.54) is 19.3 Å². The molecule has 4 nitrogen and oxygen atoms in total. The molecule has 2 amide bonds. The summed E-state index contributed by atoms with van der Waals surface area (Å²) in [6.07, 6.45) is 6.17. The molecule has 1 aliphatic carbocycles. The van der Waals surface area contributed by atoms with Crippen LogP contribution < -0.4 is 5.32 Å². The van der Waals surface area contributed by atoms with Crippen LogP contribution in [0.1, 0.15) is 59.3 Å². The van der Waals surface area contributed by atoms with Crippen molar-refractivity contribution in [2.45, 2.75) is 70.4 Å². The van der Waals surface area contributed by atoms with Crippen molar-refractivity contribution in [2.75, 3.05) is 6.54 Å². The van der Waals surface area contributed by atoms with Crippen LogP contribution in [-0.2, 0) is 9.59 Å². The number of rotatable bonds is 1. The summed E-state index contributed by atoms with van der Waals surface area (Å²) in [6.45, 7) is 6.34. The van der Waals surface area contributed by atoms with E-state index in [-0.39, 0.29) is 17.4 Å². The number of hydrogen-bond donors (Lipinski definition) is 1. The zero-order valence-electron chi connectivity index (χ0n) is 11.7. The Labute approximate surface area is 109 Å². The van der Waals surface area contributed by atoms with E-state index >= 15 is 0 Å². The third kappa shape index (κ3) is 2.38. The first-order valence-electron chi connectivity index (χ1n) is 6.98. The van der Waals surface area contributed by atoms with Gasteiger partial charge in [0.15, 0.2) is 0 Å². The Kier molecular flexibility index (Phi) is 3.39. The Balaban J connectivity index is 2.25. The van der Waals surface area contributed by atoms with Crippen molar-refractivity contribution in [2.24, 2.45) is 0 Å². The maximum atomic E-state index is 12.6. The average Bonchev–Trinajstić information content (AvgIpc) is 2.38. The van der Waals surface area contributed by atoms with E-state index in [2.05, 4.69) is 12.2 Å². The summed E-state index contributed by atoms with van der Waals surface area (Å²) in [5.74, 6) is 0.0491. The lowest BCUT2D eigenvalue weighted by Gasteiger charge is -2.45. The summed E-state index contributed by atoms with van der Waals surface area (Å²) in [5.41, 5.74) is -0.826. The number of hydrogen-bond acceptors (Lipinski definition) is 2. The van der Waals surface area contributed by atoms with Gasteiger partial charge in [-0.15, -0.1) is 0 Å². The van der Waals surface area contributed by atoms with Crippen LogP contribution in [0.15, 0.2) is 0 Å². The summed E-state index contributed by atoms with van der Waals surface area (Å²) in [7, 11) is 0. The molecule has 0 spiro atoms. The van der Waals surface area contributed by atoms with Crippen molar-refractivity contribution in [1.82, 2.24) is 10.2 Å². The fourth-order valence-electron chi connectivity index (χ4n) is 3.22. The highest BCUT2D eigenvalue weighted by molar-refractivity contribution is 5.93. The first-order valence-corrected chi connectivity index (χ1v) is 6.98. The van der Waals surface area contributed by atoms with E-state index in [4.69, 9.17) is 0 Å². The van der Waals surface area contributed by atoms with Gasteiger partial charge >= 0.3 is 0 Å². The molecule has 0 aromatic rings. The maximum absolute atomic E-state index is 12.6. The number of carbonyl (C=O) groups is 2. The fourth-order valence-corrected chi connectivity index (χ4v) is 3.22. The fraction of sp³-hybridized carbons (Fsp3) is 0.857. The van der Waals surface area contributed by atoms with E-state index in [1.807, 2.05) is 4.90 Å². The van der Waals surface area contributed by atoms with Gasteiger partial charge in [0.1, 0.15) is 5.54 Å². The number of nitrogens with one attached hydrogen (secondary N) is 1. The maximum Gasteiger partial charge on any atom is 0.248 e. The Hall–Kier alpha value is -1.06. The Morgan fingerprint density at radius 2 is 1.67 bits per heavy atom. The van der Waals surface area contributed by atoms with Crippen LogP contribution in [0.3, 0.4) is 0 Å². The molecule has 1 aliphatic heterocycles. The molecule has 102 valence electrons. The van der Waals surface area contributed by atoms with Crippen molar-refractivity contribution in [1.29, 1.82) is 0 Å². The largest absolute Gasteiger partial charge is 0.342 e. The summed E-state index contributed by atoms with van der Waals surface area (Å²) >= 11 is 0. The Morgan fingerprint density at radius 3 is 2.28 bits per heavy atom. The van der Waals surface area contributed by atoms with E-state index in [1.54, 1.807) is 13.8 Å². The second-order valence-electron chi connectivity index (χ2n) is 6.44. The highest BCUT2D eigenvalue weighted by atomic mass is 16.2. The molecule has 1 N–H and O–H groups in total. The lowest BCUT2D eigenvalue weighted by molar-refractivity contribution is -0.143. The molecular weight excluding hydrogens is 228 g/mol. The van der Waals surface area contributed by atoms with Crippen LogP contribution in [0.5, 0.6) is 0 Å². The molecule has 1 saturated carbocycles. The predicted molar refractivity (Wildman–Crippen MR) is 70.0 cm³/mol. The molecule has 0 bridgehead atoms.